The van der Waals surface area contributed by atoms with Crippen LogP contribution < -0.4 is 4.57 Å². The Morgan fingerprint density at radius 3 is 2.32 bits per heavy atom. The zero-order chi connectivity index (χ0) is 15.1. The third-order valence-electron chi connectivity index (χ3n) is 2.08. The maximum Gasteiger partial charge on any atom is 0.390 e. The van der Waals surface area contributed by atoms with Crippen molar-refractivity contribution >= 4 is 5.97 Å². The van der Waals surface area contributed by atoms with Crippen LogP contribution in [0.3, 0.4) is 0 Å². The van der Waals surface area contributed by atoms with Crippen molar-refractivity contribution in [2.45, 2.75) is 26.1 Å². The van der Waals surface area contributed by atoms with Crippen molar-refractivity contribution in [3.63, 3.8) is 0 Å². The fourth-order valence-electron chi connectivity index (χ4n) is 1.11. The molecule has 5 nitrogen and oxygen atoms in total. The number of aliphatic carboxylic acids is 1. The van der Waals surface area contributed by atoms with Crippen LogP contribution in [0.15, 0.2) is 18.7 Å². The Morgan fingerprint density at radius 1 is 1.58 bits per heavy atom. The van der Waals surface area contributed by atoms with Gasteiger partial charge in [-0.2, -0.15) is 18.4 Å². The van der Waals surface area contributed by atoms with Gasteiger partial charge in [0.2, 0.25) is 6.33 Å². The van der Waals surface area contributed by atoms with Crippen LogP contribution in [0.25, 0.3) is 0 Å². The Bertz CT molecular complexity index is 449. The topological polar surface area (TPSA) is 69.9 Å². The lowest BCUT2D eigenvalue weighted by atomic mass is 10.1. The number of nitrogens with zero attached hydrogens (tertiary/aromatic N) is 3. The molecule has 0 bridgehead atoms. The molecule has 0 saturated carbocycles. The van der Waals surface area contributed by atoms with Gasteiger partial charge in [0.1, 0.15) is 12.4 Å². The third-order valence-corrected chi connectivity index (χ3v) is 2.08. The Morgan fingerprint density at radius 2 is 2.16 bits per heavy atom. The van der Waals surface area contributed by atoms with E-state index in [1.165, 1.54) is 0 Å². The van der Waals surface area contributed by atoms with Gasteiger partial charge in [-0.25, -0.2) is 9.13 Å². The number of rotatable bonds is 3. The van der Waals surface area contributed by atoms with E-state index in [1.54, 1.807) is 0 Å². The molecule has 0 aliphatic rings. The summed E-state index contributed by atoms with van der Waals surface area (Å²) in [6.45, 7) is 3.18. The summed E-state index contributed by atoms with van der Waals surface area (Å²) in [6.07, 6.45) is -0.0544. The molecular weight excluding hydrogens is 263 g/mol. The molecule has 1 unspecified atom stereocenters. The number of alkyl halides is 3. The van der Waals surface area contributed by atoms with Gasteiger partial charge in [0.25, 0.3) is 0 Å². The molecule has 1 atom stereocenters. The molecule has 106 valence electrons. The Kier molecular flexibility index (Phi) is 6.61. The van der Waals surface area contributed by atoms with Gasteiger partial charge in [-0.3, -0.25) is 4.79 Å². The van der Waals surface area contributed by atoms with E-state index in [1.807, 2.05) is 17.8 Å². The molecule has 0 spiro atoms. The number of carboxylic acids is 1. The molecule has 1 aromatic heterocycles. The van der Waals surface area contributed by atoms with Crippen molar-refractivity contribution in [2.24, 2.45) is 13.0 Å². The van der Waals surface area contributed by atoms with Gasteiger partial charge in [-0.05, 0) is 6.92 Å². The van der Waals surface area contributed by atoms with Gasteiger partial charge >= 0.3 is 12.1 Å². The molecule has 0 aliphatic heterocycles. The van der Waals surface area contributed by atoms with Crippen molar-refractivity contribution in [3.8, 4) is 6.07 Å². The van der Waals surface area contributed by atoms with Gasteiger partial charge in [0.05, 0.1) is 26.1 Å². The monoisotopic (exact) mass is 278 g/mol. The summed E-state index contributed by atoms with van der Waals surface area (Å²) in [5, 5.41) is 15.9. The fraction of sp³-hybridized carbons (Fsp3) is 0.545. The molecule has 0 saturated heterocycles. The van der Waals surface area contributed by atoms with Gasteiger partial charge in [0.15, 0.2) is 5.92 Å². The van der Waals surface area contributed by atoms with E-state index in [-0.39, 0.29) is 0 Å². The molecule has 1 N–H and O–H groups in total. The molecule has 0 fully saturated rings. The predicted molar refractivity (Wildman–Crippen MR) is 58.7 cm³/mol. The minimum absolute atomic E-state index is 1.04. The van der Waals surface area contributed by atoms with Crippen molar-refractivity contribution < 1.29 is 27.6 Å². The van der Waals surface area contributed by atoms with Gasteiger partial charge in [-0.15, -0.1) is 0 Å². The quantitative estimate of drug-likeness (QED) is 0.852. The standard InChI is InChI=1S/C6H11N2.C5H4F3NO2/c1-3-8-5-4-7(2)6-8;6-5(7,8)1-3(2-9)4(10)11/h4-6H,3H2,1-2H3;3H,1H2,(H,10,11)/q+1;. The average molecular weight is 278 g/mol. The van der Waals surface area contributed by atoms with Crippen LogP contribution in [0, 0.1) is 17.2 Å². The maximum atomic E-state index is 11.4. The molecule has 0 aliphatic carbocycles. The number of aromatic nitrogens is 2. The normalized spacial score (nSPS) is 12.0. The van der Waals surface area contributed by atoms with E-state index >= 15 is 0 Å². The second-order valence-corrected chi connectivity index (χ2v) is 3.75. The summed E-state index contributed by atoms with van der Waals surface area (Å²) in [5.41, 5.74) is 0. The predicted octanol–water partition coefficient (Wildman–Crippen LogP) is 1.50. The van der Waals surface area contributed by atoms with Crippen LogP contribution >= 0.6 is 0 Å². The highest BCUT2D eigenvalue weighted by Gasteiger charge is 2.35. The lowest BCUT2D eigenvalue weighted by molar-refractivity contribution is -0.671. The number of hydrogen-bond donors (Lipinski definition) is 1. The van der Waals surface area contributed by atoms with E-state index in [0.717, 1.165) is 12.6 Å². The van der Waals surface area contributed by atoms with E-state index in [9.17, 15) is 18.0 Å². The number of halogens is 3. The average Bonchev–Trinajstić information content (AvgIpc) is 2.71. The molecule has 19 heavy (non-hydrogen) atoms. The summed E-state index contributed by atoms with van der Waals surface area (Å²) in [6, 6.07) is 1.04. The van der Waals surface area contributed by atoms with Crippen LogP contribution in [0.4, 0.5) is 13.2 Å². The number of nitriles is 1. The Hall–Kier alpha value is -2.04. The van der Waals surface area contributed by atoms with Crippen LogP contribution in [-0.4, -0.2) is 21.8 Å². The first-order valence-corrected chi connectivity index (χ1v) is 5.39. The summed E-state index contributed by atoms with van der Waals surface area (Å²) < 4.78 is 38.5. The molecule has 1 heterocycles. The summed E-state index contributed by atoms with van der Waals surface area (Å²) in [7, 11) is 2.02. The van der Waals surface area contributed by atoms with Gasteiger partial charge in [-0.1, -0.05) is 0 Å². The lowest BCUT2D eigenvalue weighted by Crippen LogP contribution is -2.23. The van der Waals surface area contributed by atoms with Crippen LogP contribution in [0.1, 0.15) is 13.3 Å². The number of hydrogen-bond acceptors (Lipinski definition) is 2. The van der Waals surface area contributed by atoms with E-state index in [4.69, 9.17) is 10.4 Å². The SMILES string of the molecule is CCn1cc[n+](C)c1.N#CC(CC(F)(F)F)C(=O)O. The molecule has 0 radical (unpaired) electrons. The summed E-state index contributed by atoms with van der Waals surface area (Å²) in [4.78, 5) is 9.89. The zero-order valence-corrected chi connectivity index (χ0v) is 10.6. The highest BCUT2D eigenvalue weighted by molar-refractivity contribution is 5.72. The number of imidazole rings is 1. The third kappa shape index (κ3) is 7.81. The minimum atomic E-state index is -4.60. The Labute approximate surface area is 108 Å². The van der Waals surface area contributed by atoms with Crippen LogP contribution in [-0.2, 0) is 18.4 Å². The molecule has 0 amide bonds. The van der Waals surface area contributed by atoms with E-state index in [0.29, 0.717) is 0 Å². The first kappa shape index (κ1) is 17.0. The second-order valence-electron chi connectivity index (χ2n) is 3.75. The highest BCUT2D eigenvalue weighted by atomic mass is 19.4. The summed E-state index contributed by atoms with van der Waals surface area (Å²) in [5.74, 6) is -3.74. The molecule has 1 rings (SSSR count). The number of carbonyl (C=O) groups is 1. The number of aryl methyl sites for hydroxylation is 2. The van der Waals surface area contributed by atoms with E-state index < -0.39 is 24.5 Å². The summed E-state index contributed by atoms with van der Waals surface area (Å²) >= 11 is 0. The molecular formula is C11H15F3N3O2+. The van der Waals surface area contributed by atoms with Gasteiger partial charge < -0.3 is 5.11 Å². The zero-order valence-electron chi connectivity index (χ0n) is 10.6. The minimum Gasteiger partial charge on any atom is -0.480 e. The molecule has 8 heteroatoms. The largest absolute Gasteiger partial charge is 0.480 e. The number of carboxylic acid groups (broad SMARTS) is 1. The van der Waals surface area contributed by atoms with Crippen LogP contribution in [0.2, 0.25) is 0 Å². The molecule has 0 aromatic carbocycles. The molecule has 1 aromatic rings. The first-order chi connectivity index (χ1) is 8.69. The highest BCUT2D eigenvalue weighted by Crippen LogP contribution is 2.24. The fourth-order valence-corrected chi connectivity index (χ4v) is 1.11. The van der Waals surface area contributed by atoms with Crippen molar-refractivity contribution in [3.05, 3.63) is 18.7 Å². The van der Waals surface area contributed by atoms with Crippen molar-refractivity contribution in [2.75, 3.05) is 0 Å². The van der Waals surface area contributed by atoms with Gasteiger partial charge in [0, 0.05) is 0 Å². The van der Waals surface area contributed by atoms with Crippen molar-refractivity contribution in [1.82, 2.24) is 4.57 Å². The lowest BCUT2D eigenvalue weighted by Gasteiger charge is -2.06. The second kappa shape index (κ2) is 7.41. The maximum absolute atomic E-state index is 11.4. The Balaban J connectivity index is 0.000000356. The first-order valence-electron chi connectivity index (χ1n) is 5.39. The smallest absolute Gasteiger partial charge is 0.390 e. The van der Waals surface area contributed by atoms with Crippen molar-refractivity contribution in [1.29, 1.82) is 5.26 Å². The van der Waals surface area contributed by atoms with Crippen LogP contribution in [0.5, 0.6) is 0 Å². The van der Waals surface area contributed by atoms with E-state index in [2.05, 4.69) is 24.0 Å².